The van der Waals surface area contributed by atoms with Crippen LogP contribution in [0.4, 0.5) is 0 Å². The van der Waals surface area contributed by atoms with Gasteiger partial charge in [-0.25, -0.2) is 0 Å². The molecule has 0 aromatic carbocycles. The van der Waals surface area contributed by atoms with Gasteiger partial charge in [-0.05, 0) is 40.8 Å². The van der Waals surface area contributed by atoms with E-state index in [1.165, 1.54) is 11.3 Å². The molecule has 0 aliphatic carbocycles. The van der Waals surface area contributed by atoms with Gasteiger partial charge >= 0.3 is 0 Å². The SMILES string of the molecule is CCC1CCC(=O)N(Cc2cc(Br)cs2)CC1. The molecule has 1 aromatic rings. The molecule has 1 aromatic heterocycles. The first-order valence-electron chi connectivity index (χ1n) is 6.19. The quantitative estimate of drug-likeness (QED) is 0.824. The zero-order valence-corrected chi connectivity index (χ0v) is 12.5. The van der Waals surface area contributed by atoms with E-state index in [2.05, 4.69) is 34.3 Å². The molecule has 0 radical (unpaired) electrons. The lowest BCUT2D eigenvalue weighted by Crippen LogP contribution is -2.29. The minimum atomic E-state index is 0.325. The van der Waals surface area contributed by atoms with Crippen molar-refractivity contribution in [2.75, 3.05) is 6.54 Å². The summed E-state index contributed by atoms with van der Waals surface area (Å²) in [4.78, 5) is 15.3. The van der Waals surface area contributed by atoms with E-state index in [-0.39, 0.29) is 0 Å². The molecule has 0 bridgehead atoms. The Labute approximate surface area is 115 Å². The van der Waals surface area contributed by atoms with Gasteiger partial charge in [-0.2, -0.15) is 0 Å². The number of amides is 1. The fourth-order valence-electron chi connectivity index (χ4n) is 2.29. The Balaban J connectivity index is 1.97. The highest BCUT2D eigenvalue weighted by atomic mass is 79.9. The number of likely N-dealkylation sites (tertiary alicyclic amines) is 1. The Kier molecular flexibility index (Phi) is 4.62. The van der Waals surface area contributed by atoms with E-state index in [1.807, 2.05) is 4.90 Å². The lowest BCUT2D eigenvalue weighted by atomic mass is 9.98. The summed E-state index contributed by atoms with van der Waals surface area (Å²) in [5, 5.41) is 2.08. The van der Waals surface area contributed by atoms with E-state index in [4.69, 9.17) is 0 Å². The molecule has 1 unspecified atom stereocenters. The van der Waals surface area contributed by atoms with Crippen molar-refractivity contribution in [3.63, 3.8) is 0 Å². The van der Waals surface area contributed by atoms with Crippen LogP contribution in [0.25, 0.3) is 0 Å². The molecular formula is C13H18BrNOS. The zero-order valence-electron chi connectivity index (χ0n) is 10.1. The number of nitrogens with zero attached hydrogens (tertiary/aromatic N) is 1. The molecule has 0 N–H and O–H groups in total. The first-order valence-corrected chi connectivity index (χ1v) is 7.87. The topological polar surface area (TPSA) is 20.3 Å². The van der Waals surface area contributed by atoms with Gasteiger partial charge in [0.1, 0.15) is 0 Å². The molecule has 1 saturated heterocycles. The zero-order chi connectivity index (χ0) is 12.3. The van der Waals surface area contributed by atoms with Crippen LogP contribution in [0.3, 0.4) is 0 Å². The summed E-state index contributed by atoms with van der Waals surface area (Å²) in [5.74, 6) is 1.06. The molecule has 94 valence electrons. The van der Waals surface area contributed by atoms with Gasteiger partial charge in [0.05, 0.1) is 6.54 Å². The molecule has 1 fully saturated rings. The molecule has 4 heteroatoms. The first-order chi connectivity index (χ1) is 8.19. The maximum Gasteiger partial charge on any atom is 0.222 e. The highest BCUT2D eigenvalue weighted by Crippen LogP contribution is 2.25. The first kappa shape index (κ1) is 13.1. The molecular weight excluding hydrogens is 298 g/mol. The van der Waals surface area contributed by atoms with E-state index in [1.54, 1.807) is 11.3 Å². The number of carbonyl (C=O) groups is 1. The van der Waals surface area contributed by atoms with Crippen LogP contribution in [-0.2, 0) is 11.3 Å². The second-order valence-corrected chi connectivity index (χ2v) is 6.56. The standard InChI is InChI=1S/C13H18BrNOS/c1-2-10-3-4-13(16)15(6-5-10)8-12-7-11(14)9-17-12/h7,9-10H,2-6,8H2,1H3. The summed E-state index contributed by atoms with van der Waals surface area (Å²) in [6, 6.07) is 2.11. The van der Waals surface area contributed by atoms with Crippen LogP contribution >= 0.6 is 27.3 Å². The van der Waals surface area contributed by atoms with Crippen molar-refractivity contribution >= 4 is 33.2 Å². The number of thiophene rings is 1. The second kappa shape index (κ2) is 6.01. The molecule has 0 spiro atoms. The normalized spacial score (nSPS) is 21.6. The molecule has 1 aliphatic heterocycles. The van der Waals surface area contributed by atoms with E-state index in [0.717, 1.165) is 42.7 Å². The molecule has 1 atom stereocenters. The van der Waals surface area contributed by atoms with Crippen LogP contribution in [0.2, 0.25) is 0 Å². The van der Waals surface area contributed by atoms with Crippen molar-refractivity contribution in [1.29, 1.82) is 0 Å². The Morgan fingerprint density at radius 1 is 1.53 bits per heavy atom. The molecule has 2 nitrogen and oxygen atoms in total. The fourth-order valence-corrected chi connectivity index (χ4v) is 3.76. The van der Waals surface area contributed by atoms with Crippen LogP contribution in [0, 0.1) is 5.92 Å². The largest absolute Gasteiger partial charge is 0.338 e. The lowest BCUT2D eigenvalue weighted by molar-refractivity contribution is -0.131. The number of halogens is 1. The van der Waals surface area contributed by atoms with Crippen molar-refractivity contribution in [2.45, 2.75) is 39.2 Å². The molecule has 17 heavy (non-hydrogen) atoms. The Morgan fingerprint density at radius 2 is 2.35 bits per heavy atom. The Hall–Kier alpha value is -0.350. The van der Waals surface area contributed by atoms with E-state index in [9.17, 15) is 4.79 Å². The third-order valence-electron chi connectivity index (χ3n) is 3.47. The number of rotatable bonds is 3. The van der Waals surface area contributed by atoms with Gasteiger partial charge in [-0.1, -0.05) is 13.3 Å². The molecule has 2 heterocycles. The van der Waals surface area contributed by atoms with E-state index >= 15 is 0 Å². The van der Waals surface area contributed by atoms with Crippen LogP contribution in [0.5, 0.6) is 0 Å². The Bertz CT molecular complexity index is 391. The second-order valence-electron chi connectivity index (χ2n) is 4.65. The third kappa shape index (κ3) is 3.55. The molecule has 0 saturated carbocycles. The monoisotopic (exact) mass is 315 g/mol. The van der Waals surface area contributed by atoms with Crippen LogP contribution in [-0.4, -0.2) is 17.4 Å². The number of hydrogen-bond acceptors (Lipinski definition) is 2. The molecule has 2 rings (SSSR count). The number of carbonyl (C=O) groups excluding carboxylic acids is 1. The highest BCUT2D eigenvalue weighted by molar-refractivity contribution is 9.10. The summed E-state index contributed by atoms with van der Waals surface area (Å²) in [7, 11) is 0. The van der Waals surface area contributed by atoms with Gasteiger partial charge in [0.2, 0.25) is 5.91 Å². The van der Waals surface area contributed by atoms with E-state index < -0.39 is 0 Å². The van der Waals surface area contributed by atoms with Crippen molar-refractivity contribution < 1.29 is 4.79 Å². The van der Waals surface area contributed by atoms with Crippen LogP contribution < -0.4 is 0 Å². The maximum absolute atomic E-state index is 12.0. The van der Waals surface area contributed by atoms with Gasteiger partial charge in [0.15, 0.2) is 0 Å². The van der Waals surface area contributed by atoms with Crippen LogP contribution in [0.1, 0.15) is 37.5 Å². The van der Waals surface area contributed by atoms with Crippen molar-refractivity contribution in [3.8, 4) is 0 Å². The highest BCUT2D eigenvalue weighted by Gasteiger charge is 2.21. The predicted octanol–water partition coefficient (Wildman–Crippen LogP) is 4.05. The van der Waals surface area contributed by atoms with Gasteiger partial charge in [0.25, 0.3) is 0 Å². The summed E-state index contributed by atoms with van der Waals surface area (Å²) in [6.07, 6.45) is 4.16. The summed E-state index contributed by atoms with van der Waals surface area (Å²) in [6.45, 7) is 3.93. The van der Waals surface area contributed by atoms with Gasteiger partial charge in [-0.3, -0.25) is 4.79 Å². The average Bonchev–Trinajstić information content (AvgIpc) is 2.64. The van der Waals surface area contributed by atoms with Gasteiger partial charge in [0, 0.05) is 27.7 Å². The summed E-state index contributed by atoms with van der Waals surface area (Å²) in [5.41, 5.74) is 0. The van der Waals surface area contributed by atoms with Gasteiger partial charge in [-0.15, -0.1) is 11.3 Å². The Morgan fingerprint density at radius 3 is 3.00 bits per heavy atom. The summed E-state index contributed by atoms with van der Waals surface area (Å²) >= 11 is 5.17. The van der Waals surface area contributed by atoms with Crippen LogP contribution in [0.15, 0.2) is 15.9 Å². The molecule has 1 aliphatic rings. The fraction of sp³-hybridized carbons (Fsp3) is 0.615. The van der Waals surface area contributed by atoms with Crippen molar-refractivity contribution in [1.82, 2.24) is 4.90 Å². The maximum atomic E-state index is 12.0. The lowest BCUT2D eigenvalue weighted by Gasteiger charge is -2.19. The van der Waals surface area contributed by atoms with Gasteiger partial charge < -0.3 is 4.90 Å². The molecule has 1 amide bonds. The minimum absolute atomic E-state index is 0.325. The summed E-state index contributed by atoms with van der Waals surface area (Å²) < 4.78 is 1.12. The third-order valence-corrected chi connectivity index (χ3v) is 5.15. The minimum Gasteiger partial charge on any atom is -0.338 e. The van der Waals surface area contributed by atoms with Crippen molar-refractivity contribution in [3.05, 3.63) is 20.8 Å². The van der Waals surface area contributed by atoms with E-state index in [0.29, 0.717) is 5.91 Å². The predicted molar refractivity (Wildman–Crippen MR) is 75.1 cm³/mol. The van der Waals surface area contributed by atoms with Crippen molar-refractivity contribution in [2.24, 2.45) is 5.92 Å². The number of hydrogen-bond donors (Lipinski definition) is 0. The average molecular weight is 316 g/mol. The smallest absolute Gasteiger partial charge is 0.222 e.